The summed E-state index contributed by atoms with van der Waals surface area (Å²) in [5.41, 5.74) is 3.75. The van der Waals surface area contributed by atoms with Gasteiger partial charge >= 0.3 is 12.1 Å². The second-order valence-corrected chi connectivity index (χ2v) is 8.64. The number of benzene rings is 2. The number of amides is 2. The third-order valence-electron chi connectivity index (χ3n) is 6.61. The van der Waals surface area contributed by atoms with Crippen LogP contribution in [0.15, 0.2) is 48.5 Å². The lowest BCUT2D eigenvalue weighted by Crippen LogP contribution is -2.50. The number of alkyl carbamates (subject to hydrolysis) is 1. The average molecular weight is 453 g/mol. The number of carboxylic acid groups (broad SMARTS) is 1. The van der Waals surface area contributed by atoms with Crippen molar-refractivity contribution in [2.45, 2.75) is 52.0 Å². The standard InChI is InChI=1S/C26H32N2O5/c1-4-26(5-2,24(31)28-17(3)14-23(29)30)16-27-25(32)33-15-22-20-12-8-6-10-18(20)19-11-7-9-13-21(19)22/h6-13,17,22H,4-5,14-16H2,1-3H3,(H,27,32)(H,28,31)(H,29,30)/t17-/m1/s1. The number of hydrogen-bond donors (Lipinski definition) is 3. The predicted octanol–water partition coefficient (Wildman–Crippen LogP) is 4.31. The van der Waals surface area contributed by atoms with Crippen molar-refractivity contribution < 1.29 is 24.2 Å². The molecule has 2 aromatic carbocycles. The Morgan fingerprint density at radius 1 is 1.00 bits per heavy atom. The van der Waals surface area contributed by atoms with Crippen LogP contribution in [0.1, 0.15) is 57.1 Å². The number of hydrogen-bond acceptors (Lipinski definition) is 4. The second kappa shape index (κ2) is 10.5. The maximum absolute atomic E-state index is 12.9. The second-order valence-electron chi connectivity index (χ2n) is 8.64. The van der Waals surface area contributed by atoms with E-state index in [-0.39, 0.29) is 31.4 Å². The summed E-state index contributed by atoms with van der Waals surface area (Å²) >= 11 is 0. The van der Waals surface area contributed by atoms with Gasteiger partial charge in [0.1, 0.15) is 6.61 Å². The third-order valence-corrected chi connectivity index (χ3v) is 6.61. The number of carbonyl (C=O) groups excluding carboxylic acids is 2. The molecule has 7 nitrogen and oxygen atoms in total. The van der Waals surface area contributed by atoms with Crippen LogP contribution >= 0.6 is 0 Å². The molecule has 0 aromatic heterocycles. The number of carbonyl (C=O) groups is 3. The first-order valence-corrected chi connectivity index (χ1v) is 11.4. The van der Waals surface area contributed by atoms with Crippen LogP contribution in [0.2, 0.25) is 0 Å². The van der Waals surface area contributed by atoms with Gasteiger partial charge in [0.15, 0.2) is 0 Å². The lowest BCUT2D eigenvalue weighted by molar-refractivity contribution is -0.138. The van der Waals surface area contributed by atoms with Crippen molar-refractivity contribution >= 4 is 18.0 Å². The zero-order chi connectivity index (χ0) is 24.0. The van der Waals surface area contributed by atoms with E-state index < -0.39 is 23.5 Å². The molecule has 0 radical (unpaired) electrons. The lowest BCUT2D eigenvalue weighted by atomic mass is 9.81. The number of nitrogens with one attached hydrogen (secondary N) is 2. The summed E-state index contributed by atoms with van der Waals surface area (Å²) in [5.74, 6) is -1.27. The molecule has 0 bridgehead atoms. The first kappa shape index (κ1) is 24.3. The molecule has 3 N–H and O–H groups in total. The normalized spacial score (nSPS) is 13.5. The molecule has 7 heteroatoms. The molecule has 1 aliphatic carbocycles. The highest BCUT2D eigenvalue weighted by molar-refractivity contribution is 5.84. The van der Waals surface area contributed by atoms with E-state index in [4.69, 9.17) is 9.84 Å². The molecule has 0 spiro atoms. The van der Waals surface area contributed by atoms with Gasteiger partial charge in [0.2, 0.25) is 5.91 Å². The molecular formula is C26H32N2O5. The fourth-order valence-corrected chi connectivity index (χ4v) is 4.48. The maximum atomic E-state index is 12.9. The quantitative estimate of drug-likeness (QED) is 0.498. The SMILES string of the molecule is CCC(CC)(CNC(=O)OCC1c2ccccc2-c2ccccc21)C(=O)N[C@H](C)CC(=O)O. The van der Waals surface area contributed by atoms with E-state index in [1.54, 1.807) is 6.92 Å². The van der Waals surface area contributed by atoms with Crippen molar-refractivity contribution in [1.29, 1.82) is 0 Å². The highest BCUT2D eigenvalue weighted by atomic mass is 16.5. The van der Waals surface area contributed by atoms with Crippen LogP contribution in [0.5, 0.6) is 0 Å². The van der Waals surface area contributed by atoms with Crippen LogP contribution in [0.25, 0.3) is 11.1 Å². The van der Waals surface area contributed by atoms with Crippen molar-refractivity contribution in [2.75, 3.05) is 13.2 Å². The van der Waals surface area contributed by atoms with Crippen LogP contribution in [0.4, 0.5) is 4.79 Å². The van der Waals surface area contributed by atoms with Gasteiger partial charge < -0.3 is 20.5 Å². The minimum absolute atomic E-state index is 0.0366. The molecule has 0 aliphatic heterocycles. The minimum atomic E-state index is -0.974. The summed E-state index contributed by atoms with van der Waals surface area (Å²) in [5, 5.41) is 14.5. The Bertz CT molecular complexity index is 970. The zero-order valence-corrected chi connectivity index (χ0v) is 19.4. The largest absolute Gasteiger partial charge is 0.481 e. The molecular weight excluding hydrogens is 420 g/mol. The van der Waals surface area contributed by atoms with E-state index in [2.05, 4.69) is 34.9 Å². The predicted molar refractivity (Wildman–Crippen MR) is 126 cm³/mol. The Morgan fingerprint density at radius 3 is 2.06 bits per heavy atom. The maximum Gasteiger partial charge on any atom is 0.407 e. The fraction of sp³-hybridized carbons (Fsp3) is 0.423. The van der Waals surface area contributed by atoms with Crippen molar-refractivity contribution in [3.63, 3.8) is 0 Å². The summed E-state index contributed by atoms with van der Waals surface area (Å²) in [6.45, 7) is 5.73. The van der Waals surface area contributed by atoms with Crippen molar-refractivity contribution in [3.8, 4) is 11.1 Å². The van der Waals surface area contributed by atoms with E-state index in [9.17, 15) is 14.4 Å². The Morgan fingerprint density at radius 2 is 1.55 bits per heavy atom. The van der Waals surface area contributed by atoms with Gasteiger partial charge in [0.05, 0.1) is 11.8 Å². The summed E-state index contributed by atoms with van der Waals surface area (Å²) in [6.07, 6.45) is 0.265. The van der Waals surface area contributed by atoms with Crippen molar-refractivity contribution in [1.82, 2.24) is 10.6 Å². The van der Waals surface area contributed by atoms with Crippen LogP contribution in [0, 0.1) is 5.41 Å². The smallest absolute Gasteiger partial charge is 0.407 e. The highest BCUT2D eigenvalue weighted by Crippen LogP contribution is 2.44. The highest BCUT2D eigenvalue weighted by Gasteiger charge is 2.36. The topological polar surface area (TPSA) is 105 Å². The van der Waals surface area contributed by atoms with E-state index in [1.165, 1.54) is 0 Å². The average Bonchev–Trinajstić information content (AvgIpc) is 3.12. The van der Waals surface area contributed by atoms with Crippen molar-refractivity contribution in [2.24, 2.45) is 5.41 Å². The molecule has 0 saturated carbocycles. The number of ether oxygens (including phenoxy) is 1. The van der Waals surface area contributed by atoms with Gasteiger partial charge in [-0.05, 0) is 42.0 Å². The molecule has 1 atom stereocenters. The number of rotatable bonds is 10. The van der Waals surface area contributed by atoms with Crippen LogP contribution < -0.4 is 10.6 Å². The molecule has 33 heavy (non-hydrogen) atoms. The van der Waals surface area contributed by atoms with Crippen molar-refractivity contribution in [3.05, 3.63) is 59.7 Å². The fourth-order valence-electron chi connectivity index (χ4n) is 4.48. The molecule has 3 rings (SSSR count). The molecule has 0 fully saturated rings. The summed E-state index contributed by atoms with van der Waals surface area (Å²) in [4.78, 5) is 36.3. The Labute approximate surface area is 194 Å². The van der Waals surface area contributed by atoms with Crippen LogP contribution in [-0.2, 0) is 14.3 Å². The summed E-state index contributed by atoms with van der Waals surface area (Å²) in [6, 6.07) is 15.8. The van der Waals surface area contributed by atoms with E-state index in [0.29, 0.717) is 12.8 Å². The minimum Gasteiger partial charge on any atom is -0.481 e. The van der Waals surface area contributed by atoms with E-state index in [0.717, 1.165) is 22.3 Å². The van der Waals surface area contributed by atoms with E-state index >= 15 is 0 Å². The number of aliphatic carboxylic acids is 1. The van der Waals surface area contributed by atoms with Gasteiger partial charge in [-0.2, -0.15) is 0 Å². The van der Waals surface area contributed by atoms with Gasteiger partial charge in [-0.25, -0.2) is 4.79 Å². The molecule has 2 amide bonds. The monoisotopic (exact) mass is 452 g/mol. The first-order chi connectivity index (χ1) is 15.8. The summed E-state index contributed by atoms with van der Waals surface area (Å²) < 4.78 is 5.58. The lowest BCUT2D eigenvalue weighted by Gasteiger charge is -2.31. The van der Waals surface area contributed by atoms with E-state index in [1.807, 2.05) is 38.1 Å². The molecule has 0 saturated heterocycles. The summed E-state index contributed by atoms with van der Waals surface area (Å²) in [7, 11) is 0. The van der Waals surface area contributed by atoms with Gasteiger partial charge in [0.25, 0.3) is 0 Å². The molecule has 0 unspecified atom stereocenters. The Kier molecular flexibility index (Phi) is 7.74. The van der Waals surface area contributed by atoms with Gasteiger partial charge in [-0.1, -0.05) is 62.4 Å². The van der Waals surface area contributed by atoms with Crippen LogP contribution in [-0.4, -0.2) is 42.3 Å². The molecule has 0 heterocycles. The number of carboxylic acids is 1. The van der Waals surface area contributed by atoms with Crippen LogP contribution in [0.3, 0.4) is 0 Å². The zero-order valence-electron chi connectivity index (χ0n) is 19.4. The molecule has 2 aromatic rings. The number of fused-ring (bicyclic) bond motifs is 3. The Hall–Kier alpha value is -3.35. The van der Waals surface area contributed by atoms with Gasteiger partial charge in [0, 0.05) is 18.5 Å². The third kappa shape index (κ3) is 5.35. The van der Waals surface area contributed by atoms with Gasteiger partial charge in [-0.3, -0.25) is 9.59 Å². The first-order valence-electron chi connectivity index (χ1n) is 11.4. The molecule has 1 aliphatic rings. The Balaban J connectivity index is 1.61. The molecule has 176 valence electrons. The van der Waals surface area contributed by atoms with Gasteiger partial charge in [-0.15, -0.1) is 0 Å².